The first-order valence-electron chi connectivity index (χ1n) is 6.75. The molecule has 0 aromatic carbocycles. The predicted octanol–water partition coefficient (Wildman–Crippen LogP) is 1.87. The van der Waals surface area contributed by atoms with Crippen LogP contribution in [-0.4, -0.2) is 48.4 Å². The van der Waals surface area contributed by atoms with E-state index in [1.54, 1.807) is 0 Å². The highest BCUT2D eigenvalue weighted by Gasteiger charge is 2.22. The molecule has 3 nitrogen and oxygen atoms in total. The fourth-order valence-corrected chi connectivity index (χ4v) is 2.92. The first-order chi connectivity index (χ1) is 7.77. The normalized spacial score (nSPS) is 27.3. The molecular weight excluding hydrogens is 200 g/mol. The maximum atomic E-state index is 11.9. The minimum atomic E-state index is 0.386. The molecule has 2 saturated heterocycles. The molecule has 16 heavy (non-hydrogen) atoms. The minimum Gasteiger partial charge on any atom is -0.343 e. The monoisotopic (exact) mass is 224 g/mol. The second-order valence-electron chi connectivity index (χ2n) is 5.26. The van der Waals surface area contributed by atoms with Crippen molar-refractivity contribution >= 4 is 5.91 Å². The molecule has 92 valence electrons. The number of hydrogen-bond acceptors (Lipinski definition) is 2. The smallest absolute Gasteiger partial charge is 0.222 e. The van der Waals surface area contributed by atoms with Gasteiger partial charge in [0.15, 0.2) is 0 Å². The van der Waals surface area contributed by atoms with Crippen molar-refractivity contribution < 1.29 is 4.79 Å². The van der Waals surface area contributed by atoms with Gasteiger partial charge >= 0.3 is 0 Å². The van der Waals surface area contributed by atoms with Gasteiger partial charge in [0, 0.05) is 25.6 Å². The lowest BCUT2D eigenvalue weighted by molar-refractivity contribution is -0.130. The summed E-state index contributed by atoms with van der Waals surface area (Å²) in [6.07, 6.45) is 8.18. The van der Waals surface area contributed by atoms with E-state index in [4.69, 9.17) is 0 Å². The second-order valence-corrected chi connectivity index (χ2v) is 5.26. The zero-order valence-electron chi connectivity index (χ0n) is 10.5. The molecule has 0 aromatic heterocycles. The van der Waals surface area contributed by atoms with Crippen LogP contribution in [-0.2, 0) is 4.79 Å². The Morgan fingerprint density at radius 1 is 1.12 bits per heavy atom. The molecule has 3 heteroatoms. The molecule has 0 saturated carbocycles. The van der Waals surface area contributed by atoms with Crippen molar-refractivity contribution in [2.75, 3.05) is 26.7 Å². The van der Waals surface area contributed by atoms with Gasteiger partial charge in [-0.1, -0.05) is 6.42 Å². The molecule has 0 N–H and O–H groups in total. The lowest BCUT2D eigenvalue weighted by Crippen LogP contribution is -2.37. The molecule has 0 radical (unpaired) electrons. The summed E-state index contributed by atoms with van der Waals surface area (Å²) in [6.45, 7) is 3.21. The van der Waals surface area contributed by atoms with E-state index in [0.29, 0.717) is 11.9 Å². The van der Waals surface area contributed by atoms with Gasteiger partial charge in [-0.15, -0.1) is 0 Å². The van der Waals surface area contributed by atoms with E-state index in [-0.39, 0.29) is 0 Å². The summed E-state index contributed by atoms with van der Waals surface area (Å²) in [7, 11) is 2.20. The summed E-state index contributed by atoms with van der Waals surface area (Å²) in [4.78, 5) is 16.4. The lowest BCUT2D eigenvalue weighted by Gasteiger charge is -2.32. The van der Waals surface area contributed by atoms with Crippen LogP contribution in [0.4, 0.5) is 0 Å². The number of rotatable bonds is 3. The largest absolute Gasteiger partial charge is 0.343 e. The van der Waals surface area contributed by atoms with E-state index in [2.05, 4.69) is 11.9 Å². The molecule has 0 aromatic rings. The topological polar surface area (TPSA) is 23.6 Å². The molecule has 2 aliphatic heterocycles. The lowest BCUT2D eigenvalue weighted by atomic mass is 9.98. The van der Waals surface area contributed by atoms with Crippen LogP contribution in [0.1, 0.15) is 44.9 Å². The van der Waals surface area contributed by atoms with Gasteiger partial charge in [-0.25, -0.2) is 0 Å². The zero-order valence-corrected chi connectivity index (χ0v) is 10.5. The Hall–Kier alpha value is -0.570. The minimum absolute atomic E-state index is 0.386. The summed E-state index contributed by atoms with van der Waals surface area (Å²) < 4.78 is 0. The van der Waals surface area contributed by atoms with Gasteiger partial charge in [0.25, 0.3) is 0 Å². The summed E-state index contributed by atoms with van der Waals surface area (Å²) in [6, 6.07) is 0.653. The number of carbonyl (C=O) groups is 1. The van der Waals surface area contributed by atoms with Crippen molar-refractivity contribution in [3.8, 4) is 0 Å². The van der Waals surface area contributed by atoms with Crippen molar-refractivity contribution in [3.63, 3.8) is 0 Å². The van der Waals surface area contributed by atoms with Gasteiger partial charge in [-0.05, 0) is 45.7 Å². The summed E-state index contributed by atoms with van der Waals surface area (Å²) in [5, 5.41) is 0. The molecule has 2 aliphatic rings. The number of piperidine rings is 1. The van der Waals surface area contributed by atoms with Crippen LogP contribution in [0.2, 0.25) is 0 Å². The van der Waals surface area contributed by atoms with Crippen LogP contribution in [0, 0.1) is 0 Å². The fraction of sp³-hybridized carbons (Fsp3) is 0.923. The molecule has 2 rings (SSSR count). The highest BCUT2D eigenvalue weighted by atomic mass is 16.2. The average Bonchev–Trinajstić information content (AvgIpc) is 2.81. The highest BCUT2D eigenvalue weighted by Crippen LogP contribution is 2.20. The van der Waals surface area contributed by atoms with Crippen LogP contribution in [0.5, 0.6) is 0 Å². The Bertz CT molecular complexity index is 236. The number of likely N-dealkylation sites (tertiary alicyclic amines) is 2. The fourth-order valence-electron chi connectivity index (χ4n) is 2.92. The Kier molecular flexibility index (Phi) is 4.22. The maximum absolute atomic E-state index is 11.9. The Labute approximate surface area is 98.8 Å². The van der Waals surface area contributed by atoms with E-state index in [1.165, 1.54) is 38.6 Å². The molecule has 0 aliphatic carbocycles. The van der Waals surface area contributed by atoms with Gasteiger partial charge < -0.3 is 9.80 Å². The predicted molar refractivity (Wildman–Crippen MR) is 65.3 cm³/mol. The first kappa shape index (κ1) is 11.9. The van der Waals surface area contributed by atoms with E-state index < -0.39 is 0 Å². The average molecular weight is 224 g/mol. The first-order valence-corrected chi connectivity index (χ1v) is 6.75. The molecular formula is C13H24N2O. The maximum Gasteiger partial charge on any atom is 0.222 e. The van der Waals surface area contributed by atoms with Crippen LogP contribution in [0.15, 0.2) is 0 Å². The Morgan fingerprint density at radius 3 is 2.50 bits per heavy atom. The molecule has 0 bridgehead atoms. The van der Waals surface area contributed by atoms with Crippen LogP contribution < -0.4 is 0 Å². The van der Waals surface area contributed by atoms with Crippen molar-refractivity contribution in [2.45, 2.75) is 51.0 Å². The third-order valence-electron chi connectivity index (χ3n) is 4.07. The number of hydrogen-bond donors (Lipinski definition) is 0. The number of nitrogens with zero attached hydrogens (tertiary/aromatic N) is 2. The SMILES string of the molecule is CN1CCCCC1CCC(=O)N1CCCC1. The van der Waals surface area contributed by atoms with E-state index in [9.17, 15) is 4.79 Å². The van der Waals surface area contributed by atoms with Crippen LogP contribution in [0.3, 0.4) is 0 Å². The Morgan fingerprint density at radius 2 is 1.81 bits per heavy atom. The number of amides is 1. The van der Waals surface area contributed by atoms with Gasteiger partial charge in [0.05, 0.1) is 0 Å². The van der Waals surface area contributed by atoms with Crippen molar-refractivity contribution in [1.29, 1.82) is 0 Å². The zero-order chi connectivity index (χ0) is 11.4. The van der Waals surface area contributed by atoms with Gasteiger partial charge in [0.1, 0.15) is 0 Å². The molecule has 2 heterocycles. The standard InChI is InChI=1S/C13H24N2O/c1-14-9-3-2-6-12(14)7-8-13(16)15-10-4-5-11-15/h12H,2-11H2,1H3. The summed E-state index contributed by atoms with van der Waals surface area (Å²) in [5.41, 5.74) is 0. The van der Waals surface area contributed by atoms with E-state index in [0.717, 1.165) is 25.9 Å². The summed E-state index contributed by atoms with van der Waals surface area (Å²) in [5.74, 6) is 0.386. The van der Waals surface area contributed by atoms with Gasteiger partial charge in [-0.2, -0.15) is 0 Å². The van der Waals surface area contributed by atoms with Crippen LogP contribution in [0.25, 0.3) is 0 Å². The Balaban J connectivity index is 1.71. The third kappa shape index (κ3) is 2.97. The van der Waals surface area contributed by atoms with Crippen molar-refractivity contribution in [2.24, 2.45) is 0 Å². The number of carbonyl (C=O) groups excluding carboxylic acids is 1. The van der Waals surface area contributed by atoms with Gasteiger partial charge in [-0.3, -0.25) is 4.79 Å². The third-order valence-corrected chi connectivity index (χ3v) is 4.07. The molecule has 1 amide bonds. The van der Waals surface area contributed by atoms with Crippen LogP contribution >= 0.6 is 0 Å². The molecule has 2 fully saturated rings. The quantitative estimate of drug-likeness (QED) is 0.730. The second kappa shape index (κ2) is 5.67. The van der Waals surface area contributed by atoms with Crippen molar-refractivity contribution in [3.05, 3.63) is 0 Å². The van der Waals surface area contributed by atoms with E-state index >= 15 is 0 Å². The molecule has 0 spiro atoms. The van der Waals surface area contributed by atoms with Gasteiger partial charge in [0.2, 0.25) is 5.91 Å². The summed E-state index contributed by atoms with van der Waals surface area (Å²) >= 11 is 0. The molecule has 1 unspecified atom stereocenters. The van der Waals surface area contributed by atoms with Crippen molar-refractivity contribution in [1.82, 2.24) is 9.80 Å². The van der Waals surface area contributed by atoms with E-state index in [1.807, 2.05) is 4.90 Å². The molecule has 1 atom stereocenters. The highest BCUT2D eigenvalue weighted by molar-refractivity contribution is 5.76.